The minimum Gasteiger partial charge on any atom is -0.442 e. The number of nitrogens with two attached hydrogens (primary N) is 1. The van der Waals surface area contributed by atoms with Crippen LogP contribution in [0.2, 0.25) is 0 Å². The van der Waals surface area contributed by atoms with Gasteiger partial charge in [-0.3, -0.25) is 4.79 Å². The maximum atomic E-state index is 13.2. The van der Waals surface area contributed by atoms with Crippen molar-refractivity contribution in [3.63, 3.8) is 0 Å². The number of amides is 3. The average molecular weight is 665 g/mol. The number of methoxy groups -OCH3 is 1. The highest BCUT2D eigenvalue weighted by atomic mass is 35.5. The highest BCUT2D eigenvalue weighted by Crippen LogP contribution is 2.29. The van der Waals surface area contributed by atoms with Crippen LogP contribution in [-0.4, -0.2) is 85.1 Å². The summed E-state index contributed by atoms with van der Waals surface area (Å²) in [5, 5.41) is 14.2. The van der Waals surface area contributed by atoms with Crippen LogP contribution in [-0.2, 0) is 20.7 Å². The molecule has 46 heavy (non-hydrogen) atoms. The van der Waals surface area contributed by atoms with Gasteiger partial charge in [-0.05, 0) is 92.8 Å². The summed E-state index contributed by atoms with van der Waals surface area (Å²) in [5.74, 6) is -0.330. The van der Waals surface area contributed by atoms with Crippen LogP contribution < -0.4 is 15.8 Å². The normalized spacial score (nSPS) is 27.5. The third kappa shape index (κ3) is 12.9. The van der Waals surface area contributed by atoms with E-state index in [0.717, 1.165) is 11.1 Å². The van der Waals surface area contributed by atoms with Crippen LogP contribution in [0.3, 0.4) is 0 Å². The van der Waals surface area contributed by atoms with Gasteiger partial charge >= 0.3 is 12.2 Å². The average Bonchev–Trinajstić information content (AvgIpc) is 2.96. The van der Waals surface area contributed by atoms with E-state index in [2.05, 4.69) is 12.2 Å². The van der Waals surface area contributed by atoms with Gasteiger partial charge in [-0.2, -0.15) is 0 Å². The molecule has 0 unspecified atom stereocenters. The summed E-state index contributed by atoms with van der Waals surface area (Å²) in [7, 11) is 4.99. The second-order valence-electron chi connectivity index (χ2n) is 12.7. The number of nitrogens with zero attached hydrogens (tertiary/aromatic N) is 2. The van der Waals surface area contributed by atoms with Crippen molar-refractivity contribution in [3.8, 4) is 5.75 Å². The number of primary amides is 1. The van der Waals surface area contributed by atoms with Crippen molar-refractivity contribution in [3.05, 3.63) is 47.1 Å². The first-order valence-electron chi connectivity index (χ1n) is 15.9. The number of rotatable bonds is 7. The van der Waals surface area contributed by atoms with Crippen LogP contribution in [0.25, 0.3) is 0 Å². The van der Waals surface area contributed by atoms with Gasteiger partial charge in [-0.25, -0.2) is 14.0 Å². The van der Waals surface area contributed by atoms with Gasteiger partial charge in [0.25, 0.3) is 5.91 Å². The van der Waals surface area contributed by atoms with Gasteiger partial charge in [0.15, 0.2) is 0 Å². The number of hydrogen-bond acceptors (Lipinski definition) is 8. The van der Waals surface area contributed by atoms with Crippen molar-refractivity contribution in [1.29, 1.82) is 0 Å². The number of carbonyl (C=O) groups is 3. The summed E-state index contributed by atoms with van der Waals surface area (Å²) >= 11 is 5.88. The Hall–Kier alpha value is -3.12. The highest BCUT2D eigenvalue weighted by Gasteiger charge is 2.28. The number of nitrogens with one attached hydrogen (secondary N) is 1. The SMILES string of the molecule is CO[C@H]1C[C@H](C)Cc2cc(cc(OC(=O)N(C)CCCN(C)Cl)c2)NC(=O)/C(C)=C/CC[C@H](C)[C@@H](OC(N)=O)/C(C)=C/[C@H](C)[C@H]1O. The molecule has 1 heterocycles. The fourth-order valence-electron chi connectivity index (χ4n) is 5.73. The van der Waals surface area contributed by atoms with E-state index in [4.69, 9.17) is 31.7 Å². The summed E-state index contributed by atoms with van der Waals surface area (Å²) in [6.07, 6.45) is 3.44. The molecule has 0 aromatic heterocycles. The van der Waals surface area contributed by atoms with Gasteiger partial charge in [-0.1, -0.05) is 32.9 Å². The van der Waals surface area contributed by atoms with Crippen molar-refractivity contribution in [2.24, 2.45) is 23.5 Å². The maximum Gasteiger partial charge on any atom is 0.414 e. The van der Waals surface area contributed by atoms with Crippen molar-refractivity contribution in [2.75, 3.05) is 39.6 Å². The Bertz CT molecular complexity index is 1240. The van der Waals surface area contributed by atoms with Crippen molar-refractivity contribution in [1.82, 2.24) is 9.32 Å². The highest BCUT2D eigenvalue weighted by molar-refractivity contribution is 6.13. The molecule has 2 rings (SSSR count). The minimum atomic E-state index is -0.872. The molecule has 6 atom stereocenters. The monoisotopic (exact) mass is 664 g/mol. The molecule has 11 nitrogen and oxygen atoms in total. The first-order chi connectivity index (χ1) is 21.6. The van der Waals surface area contributed by atoms with Crippen LogP contribution in [0.4, 0.5) is 15.3 Å². The summed E-state index contributed by atoms with van der Waals surface area (Å²) < 4.78 is 18.5. The number of carbonyl (C=O) groups excluding carboxylic acids is 3. The third-order valence-electron chi connectivity index (χ3n) is 8.31. The zero-order valence-corrected chi connectivity index (χ0v) is 29.3. The van der Waals surface area contributed by atoms with Crippen LogP contribution in [0.1, 0.15) is 65.9 Å². The number of ether oxygens (including phenoxy) is 3. The van der Waals surface area contributed by atoms with Gasteiger partial charge in [-0.15, -0.1) is 0 Å². The van der Waals surface area contributed by atoms with Crippen LogP contribution in [0.15, 0.2) is 41.5 Å². The minimum absolute atomic E-state index is 0.0521. The number of anilines is 1. The molecule has 0 fully saturated rings. The van der Waals surface area contributed by atoms with Crippen molar-refractivity contribution < 1.29 is 33.7 Å². The van der Waals surface area contributed by atoms with Crippen molar-refractivity contribution in [2.45, 2.75) is 85.0 Å². The summed E-state index contributed by atoms with van der Waals surface area (Å²) in [4.78, 5) is 39.3. The maximum absolute atomic E-state index is 13.2. The fraction of sp³-hybridized carbons (Fsp3) is 0.618. The summed E-state index contributed by atoms with van der Waals surface area (Å²) in [5.41, 5.74) is 8.06. The van der Waals surface area contributed by atoms with E-state index in [1.165, 1.54) is 9.32 Å². The molecule has 1 aromatic carbocycles. The molecule has 2 bridgehead atoms. The van der Waals surface area contributed by atoms with E-state index in [9.17, 15) is 19.5 Å². The molecule has 0 radical (unpaired) electrons. The number of hydrogen-bond donors (Lipinski definition) is 3. The van der Waals surface area contributed by atoms with E-state index in [0.29, 0.717) is 62.2 Å². The second-order valence-corrected chi connectivity index (χ2v) is 13.2. The number of aliphatic hydroxyl groups is 1. The fourth-order valence-corrected chi connectivity index (χ4v) is 5.85. The Balaban J connectivity index is 2.43. The van der Waals surface area contributed by atoms with Gasteiger partial charge in [0, 0.05) is 57.5 Å². The molecular weight excluding hydrogens is 612 g/mol. The number of halogens is 1. The number of benzene rings is 1. The molecule has 12 heteroatoms. The molecule has 4 N–H and O–H groups in total. The van der Waals surface area contributed by atoms with Gasteiger partial charge in [0.05, 0.1) is 12.2 Å². The smallest absolute Gasteiger partial charge is 0.414 e. The van der Waals surface area contributed by atoms with Gasteiger partial charge < -0.3 is 35.3 Å². The number of fused-ring (bicyclic) bond motifs is 2. The molecular formula is C34H53ClN4O7. The Labute approximate surface area is 279 Å². The molecule has 258 valence electrons. The van der Waals surface area contributed by atoms with Gasteiger partial charge in [0.1, 0.15) is 11.9 Å². The summed E-state index contributed by atoms with van der Waals surface area (Å²) in [6.45, 7) is 10.6. The summed E-state index contributed by atoms with van der Waals surface area (Å²) in [6, 6.07) is 5.29. The lowest BCUT2D eigenvalue weighted by Crippen LogP contribution is -2.35. The Morgan fingerprint density at radius 3 is 2.46 bits per heavy atom. The van der Waals surface area contributed by atoms with E-state index in [1.807, 2.05) is 39.0 Å². The lowest BCUT2D eigenvalue weighted by Gasteiger charge is -2.29. The van der Waals surface area contributed by atoms with Gasteiger partial charge in [0.2, 0.25) is 0 Å². The predicted octanol–water partition coefficient (Wildman–Crippen LogP) is 5.90. The van der Waals surface area contributed by atoms with E-state index in [1.54, 1.807) is 40.3 Å². The molecule has 0 spiro atoms. The Morgan fingerprint density at radius 1 is 1.13 bits per heavy atom. The van der Waals surface area contributed by atoms with E-state index < -0.39 is 30.5 Å². The topological polar surface area (TPSA) is 144 Å². The van der Waals surface area contributed by atoms with E-state index >= 15 is 0 Å². The zero-order valence-electron chi connectivity index (χ0n) is 28.5. The molecule has 0 saturated heterocycles. The quantitative estimate of drug-likeness (QED) is 0.242. The second kappa shape index (κ2) is 18.9. The lowest BCUT2D eigenvalue weighted by molar-refractivity contribution is -0.112. The molecule has 0 saturated carbocycles. The zero-order chi connectivity index (χ0) is 34.6. The molecule has 1 aromatic rings. The third-order valence-corrected chi connectivity index (χ3v) is 8.48. The Morgan fingerprint density at radius 2 is 1.83 bits per heavy atom. The largest absolute Gasteiger partial charge is 0.442 e. The van der Waals surface area contributed by atoms with Crippen LogP contribution >= 0.6 is 11.8 Å². The number of allylic oxidation sites excluding steroid dienone is 1. The molecule has 1 aliphatic rings. The Kier molecular flexibility index (Phi) is 16.0. The van der Waals surface area contributed by atoms with E-state index in [-0.39, 0.29) is 23.7 Å². The van der Waals surface area contributed by atoms with Crippen LogP contribution in [0.5, 0.6) is 5.75 Å². The lowest BCUT2D eigenvalue weighted by atomic mass is 9.87. The van der Waals surface area contributed by atoms with Crippen molar-refractivity contribution >= 4 is 35.6 Å². The van der Waals surface area contributed by atoms with Crippen LogP contribution in [0, 0.1) is 17.8 Å². The molecule has 1 aliphatic heterocycles. The molecule has 3 amide bonds. The standard InChI is InChI=1S/C34H53ClN4O7/c1-21-15-26-18-27(20-28(19-26)45-34(43)38(6)13-10-14-39(7)35)37-32(41)23(3)12-9-11-22(2)31(46-33(36)42)25(5)17-24(4)30(40)29(16-21)44-8/h12,17-22,24,29-31,40H,9-11,13-16H2,1-8H3,(H2,36,42)(H,37,41)/b23-12+,25-17+/t21-,22+,24+,29+,30-,31-/m1/s1. The first kappa shape index (κ1) is 39.1. The molecule has 0 aliphatic carbocycles. The predicted molar refractivity (Wildman–Crippen MR) is 181 cm³/mol. The number of aliphatic hydroxyl groups excluding tert-OH is 1. The first-order valence-corrected chi connectivity index (χ1v) is 16.2.